The fourth-order valence-corrected chi connectivity index (χ4v) is 2.82. The van der Waals surface area contributed by atoms with E-state index < -0.39 is 5.60 Å². The highest BCUT2D eigenvalue weighted by atomic mass is 16.5. The number of imidazole rings is 1. The molecule has 1 aliphatic rings. The lowest BCUT2D eigenvalue weighted by atomic mass is 9.94. The van der Waals surface area contributed by atoms with Crippen LogP contribution in [-0.2, 0) is 15.1 Å². The third-order valence-electron chi connectivity index (χ3n) is 4.15. The fourth-order valence-electron chi connectivity index (χ4n) is 2.82. The first kappa shape index (κ1) is 13.4. The van der Waals surface area contributed by atoms with Gasteiger partial charge in [0.1, 0.15) is 11.3 Å². The molecule has 1 fully saturated rings. The fraction of sp³-hybridized carbons (Fsp3) is 0.400. The zero-order chi connectivity index (χ0) is 15.0. The van der Waals surface area contributed by atoms with Crippen LogP contribution >= 0.6 is 0 Å². The summed E-state index contributed by atoms with van der Waals surface area (Å²) in [6, 6.07) is 5.81. The molecule has 1 saturated heterocycles. The Morgan fingerprint density at radius 2 is 2.14 bits per heavy atom. The van der Waals surface area contributed by atoms with E-state index in [0.29, 0.717) is 37.8 Å². The van der Waals surface area contributed by atoms with Gasteiger partial charge >= 0.3 is 0 Å². The molecule has 114 valence electrons. The summed E-state index contributed by atoms with van der Waals surface area (Å²) < 4.78 is 18.5. The average molecular weight is 300 g/mol. The largest absolute Gasteiger partial charge is 0.381 e. The third kappa shape index (κ3) is 2.01. The Hall–Kier alpha value is -2.25. The molecular formula is C15H16N4O3. The van der Waals surface area contributed by atoms with E-state index in [1.165, 1.54) is 0 Å². The van der Waals surface area contributed by atoms with Crippen LogP contribution in [0.1, 0.15) is 18.7 Å². The van der Waals surface area contributed by atoms with Crippen molar-refractivity contribution in [2.45, 2.75) is 18.4 Å². The molecule has 0 N–H and O–H groups in total. The summed E-state index contributed by atoms with van der Waals surface area (Å²) in [4.78, 5) is 8.89. The Morgan fingerprint density at radius 1 is 1.27 bits per heavy atom. The highest BCUT2D eigenvalue weighted by Crippen LogP contribution is 2.35. The second-order valence-corrected chi connectivity index (χ2v) is 5.31. The van der Waals surface area contributed by atoms with Crippen LogP contribution < -0.4 is 0 Å². The predicted molar refractivity (Wildman–Crippen MR) is 77.2 cm³/mol. The second kappa shape index (κ2) is 5.19. The average Bonchev–Trinajstić information content (AvgIpc) is 3.22. The first-order valence-electron chi connectivity index (χ1n) is 7.22. The lowest BCUT2D eigenvalue weighted by Gasteiger charge is -2.32. The molecule has 1 aliphatic heterocycles. The van der Waals surface area contributed by atoms with Crippen molar-refractivity contribution < 1.29 is 14.0 Å². The standard InChI is InChI=1S/C15H16N4O3/c1-20-15(5-8-21-9-6-15)14-17-13(18-22-14)11-10-16-12-4-2-3-7-19(11)12/h2-4,7,10H,5-6,8-9H2,1H3. The molecule has 4 heterocycles. The Labute approximate surface area is 126 Å². The van der Waals surface area contributed by atoms with Gasteiger partial charge in [-0.25, -0.2) is 4.98 Å². The SMILES string of the molecule is COC1(c2nc(-c3cnc4ccccn34)no2)CCOCC1. The van der Waals surface area contributed by atoms with E-state index >= 15 is 0 Å². The van der Waals surface area contributed by atoms with Gasteiger partial charge in [-0.2, -0.15) is 4.98 Å². The van der Waals surface area contributed by atoms with Crippen LogP contribution in [0.4, 0.5) is 0 Å². The highest BCUT2D eigenvalue weighted by Gasteiger charge is 2.40. The summed E-state index contributed by atoms with van der Waals surface area (Å²) in [5.74, 6) is 1.01. The number of fused-ring (bicyclic) bond motifs is 1. The molecule has 22 heavy (non-hydrogen) atoms. The van der Waals surface area contributed by atoms with Crippen molar-refractivity contribution in [3.63, 3.8) is 0 Å². The van der Waals surface area contributed by atoms with Crippen LogP contribution in [0.5, 0.6) is 0 Å². The molecule has 0 aromatic carbocycles. The lowest BCUT2D eigenvalue weighted by Crippen LogP contribution is -2.35. The molecule has 0 spiro atoms. The van der Waals surface area contributed by atoms with Crippen molar-refractivity contribution in [2.75, 3.05) is 20.3 Å². The minimum atomic E-state index is -0.552. The van der Waals surface area contributed by atoms with Gasteiger partial charge in [-0.15, -0.1) is 0 Å². The summed E-state index contributed by atoms with van der Waals surface area (Å²) in [5, 5.41) is 4.11. The number of hydrogen-bond acceptors (Lipinski definition) is 6. The Morgan fingerprint density at radius 3 is 2.95 bits per heavy atom. The smallest absolute Gasteiger partial charge is 0.259 e. The van der Waals surface area contributed by atoms with Crippen molar-refractivity contribution >= 4 is 5.65 Å². The van der Waals surface area contributed by atoms with Crippen molar-refractivity contribution in [3.05, 3.63) is 36.5 Å². The van der Waals surface area contributed by atoms with Gasteiger partial charge in [-0.3, -0.25) is 4.40 Å². The maximum Gasteiger partial charge on any atom is 0.259 e. The van der Waals surface area contributed by atoms with Gasteiger partial charge in [-0.05, 0) is 12.1 Å². The van der Waals surface area contributed by atoms with Crippen LogP contribution in [0.25, 0.3) is 17.2 Å². The Balaban J connectivity index is 1.75. The van der Waals surface area contributed by atoms with Crippen LogP contribution in [-0.4, -0.2) is 39.8 Å². The minimum Gasteiger partial charge on any atom is -0.381 e. The minimum absolute atomic E-state index is 0.499. The van der Waals surface area contributed by atoms with E-state index in [-0.39, 0.29) is 0 Å². The molecule has 0 radical (unpaired) electrons. The second-order valence-electron chi connectivity index (χ2n) is 5.31. The van der Waals surface area contributed by atoms with E-state index in [1.54, 1.807) is 13.3 Å². The monoisotopic (exact) mass is 300 g/mol. The molecule has 0 amide bonds. The topological polar surface area (TPSA) is 74.7 Å². The summed E-state index contributed by atoms with van der Waals surface area (Å²) in [6.07, 6.45) is 5.08. The van der Waals surface area contributed by atoms with Gasteiger partial charge in [0.15, 0.2) is 5.60 Å². The molecule has 3 aromatic heterocycles. The van der Waals surface area contributed by atoms with E-state index in [2.05, 4.69) is 15.1 Å². The van der Waals surface area contributed by atoms with E-state index in [0.717, 1.165) is 11.3 Å². The zero-order valence-corrected chi connectivity index (χ0v) is 12.2. The number of rotatable bonds is 3. The van der Waals surface area contributed by atoms with Gasteiger partial charge in [0, 0.05) is 39.4 Å². The van der Waals surface area contributed by atoms with Crippen molar-refractivity contribution in [1.82, 2.24) is 19.5 Å². The van der Waals surface area contributed by atoms with E-state index in [9.17, 15) is 0 Å². The van der Waals surface area contributed by atoms with Crippen molar-refractivity contribution in [2.24, 2.45) is 0 Å². The van der Waals surface area contributed by atoms with Crippen molar-refractivity contribution in [1.29, 1.82) is 0 Å². The molecule has 7 nitrogen and oxygen atoms in total. The summed E-state index contributed by atoms with van der Waals surface area (Å²) in [6.45, 7) is 1.25. The zero-order valence-electron chi connectivity index (χ0n) is 12.2. The summed E-state index contributed by atoms with van der Waals surface area (Å²) in [5.41, 5.74) is 1.09. The van der Waals surface area contributed by atoms with Gasteiger partial charge in [0.25, 0.3) is 5.89 Å². The number of hydrogen-bond donors (Lipinski definition) is 0. The predicted octanol–water partition coefficient (Wildman–Crippen LogP) is 2.04. The molecule has 0 aliphatic carbocycles. The number of ether oxygens (including phenoxy) is 2. The number of aromatic nitrogens is 4. The van der Waals surface area contributed by atoms with Gasteiger partial charge in [0.05, 0.1) is 6.20 Å². The summed E-state index contributed by atoms with van der Waals surface area (Å²) in [7, 11) is 1.67. The maximum atomic E-state index is 5.68. The molecule has 0 unspecified atom stereocenters. The molecule has 4 rings (SSSR count). The summed E-state index contributed by atoms with van der Waals surface area (Å²) >= 11 is 0. The van der Waals surface area contributed by atoms with Crippen LogP contribution in [0.2, 0.25) is 0 Å². The number of pyridine rings is 1. The lowest BCUT2D eigenvalue weighted by molar-refractivity contribution is -0.111. The molecule has 0 saturated carbocycles. The Bertz CT molecular complexity index is 789. The molecule has 0 bridgehead atoms. The molecule has 3 aromatic rings. The molecular weight excluding hydrogens is 284 g/mol. The van der Waals surface area contributed by atoms with Crippen LogP contribution in [0.15, 0.2) is 35.1 Å². The normalized spacial score (nSPS) is 17.9. The van der Waals surface area contributed by atoms with Crippen LogP contribution in [0.3, 0.4) is 0 Å². The highest BCUT2D eigenvalue weighted by molar-refractivity contribution is 5.56. The quantitative estimate of drug-likeness (QED) is 0.737. The van der Waals surface area contributed by atoms with E-state index in [1.807, 2.05) is 28.8 Å². The molecule has 7 heteroatoms. The van der Waals surface area contributed by atoms with Crippen LogP contribution in [0, 0.1) is 0 Å². The Kier molecular flexibility index (Phi) is 3.16. The van der Waals surface area contributed by atoms with Crippen molar-refractivity contribution in [3.8, 4) is 11.5 Å². The third-order valence-corrected chi connectivity index (χ3v) is 4.15. The van der Waals surface area contributed by atoms with Gasteiger partial charge in [0.2, 0.25) is 5.82 Å². The first-order valence-corrected chi connectivity index (χ1v) is 7.22. The molecule has 0 atom stereocenters. The maximum absolute atomic E-state index is 5.68. The number of nitrogens with zero attached hydrogens (tertiary/aromatic N) is 4. The number of methoxy groups -OCH3 is 1. The van der Waals surface area contributed by atoms with E-state index in [4.69, 9.17) is 14.0 Å². The van der Waals surface area contributed by atoms with Gasteiger partial charge in [-0.1, -0.05) is 11.2 Å². The first-order chi connectivity index (χ1) is 10.8. The van der Waals surface area contributed by atoms with Gasteiger partial charge < -0.3 is 14.0 Å².